The number of nitrogens with one attached hydrogen (secondary N) is 1. The van der Waals surface area contributed by atoms with Crippen LogP contribution in [-0.4, -0.2) is 45.5 Å². The molecule has 0 saturated heterocycles. The van der Waals surface area contributed by atoms with Gasteiger partial charge in [0.25, 0.3) is 0 Å². The molecule has 6 nitrogen and oxygen atoms in total. The minimum atomic E-state index is -0.235. The summed E-state index contributed by atoms with van der Waals surface area (Å²) in [5.41, 5.74) is 0. The number of urea groups is 1. The molecule has 0 radical (unpaired) electrons. The zero-order valence-electron chi connectivity index (χ0n) is 12.4. The lowest BCUT2D eigenvalue weighted by molar-refractivity contribution is 0.195. The number of amides is 2. The average molecular weight is 292 g/mol. The van der Waals surface area contributed by atoms with E-state index in [1.165, 1.54) is 24.2 Å². The van der Waals surface area contributed by atoms with Gasteiger partial charge in [0.05, 0.1) is 18.8 Å². The summed E-state index contributed by atoms with van der Waals surface area (Å²) in [7, 11) is 0. The molecule has 0 atom stereocenters. The highest BCUT2D eigenvalue weighted by Crippen LogP contribution is 2.29. The van der Waals surface area contributed by atoms with Crippen molar-refractivity contribution in [2.45, 2.75) is 38.1 Å². The summed E-state index contributed by atoms with van der Waals surface area (Å²) in [5.74, 6) is 0.721. The molecule has 1 saturated carbocycles. The van der Waals surface area contributed by atoms with Crippen molar-refractivity contribution in [3.63, 3.8) is 0 Å². The number of rotatable bonds is 6. The highest BCUT2D eigenvalue weighted by molar-refractivity contribution is 5.88. The number of aliphatic hydroxyl groups is 1. The molecule has 1 fully saturated rings. The van der Waals surface area contributed by atoms with E-state index in [-0.39, 0.29) is 19.2 Å². The molecule has 0 unspecified atom stereocenters. The fourth-order valence-corrected chi connectivity index (χ4v) is 2.77. The standard InChI is InChI=1S/C15H24N4O2/c1-2-10-18(11-12-20)15(21)17-14-8-9-16-19(14)13-6-4-3-5-7-13/h2,8-9,13,20H,1,3-7,10-12H2,(H,17,21). The number of aliphatic hydroxyl groups excluding tert-OH is 1. The molecule has 0 aliphatic heterocycles. The normalized spacial score (nSPS) is 15.7. The van der Waals surface area contributed by atoms with E-state index in [1.54, 1.807) is 12.3 Å². The van der Waals surface area contributed by atoms with E-state index in [9.17, 15) is 4.79 Å². The predicted molar refractivity (Wildman–Crippen MR) is 82.2 cm³/mol. The van der Waals surface area contributed by atoms with Crippen LogP contribution in [0, 0.1) is 0 Å². The third-order valence-corrected chi connectivity index (χ3v) is 3.83. The summed E-state index contributed by atoms with van der Waals surface area (Å²) in [6, 6.07) is 1.95. The van der Waals surface area contributed by atoms with E-state index in [0.717, 1.165) is 18.7 Å². The van der Waals surface area contributed by atoms with Crippen LogP contribution in [0.15, 0.2) is 24.9 Å². The molecule has 0 bridgehead atoms. The number of hydrogen-bond acceptors (Lipinski definition) is 3. The first kappa shape index (κ1) is 15.6. The van der Waals surface area contributed by atoms with Gasteiger partial charge in [-0.05, 0) is 12.8 Å². The molecular formula is C15H24N4O2. The van der Waals surface area contributed by atoms with Crippen LogP contribution in [0.25, 0.3) is 0 Å². The van der Waals surface area contributed by atoms with Gasteiger partial charge in [0, 0.05) is 19.2 Å². The Balaban J connectivity index is 2.03. The van der Waals surface area contributed by atoms with Gasteiger partial charge in [0.1, 0.15) is 5.82 Å². The fourth-order valence-electron chi connectivity index (χ4n) is 2.77. The number of anilines is 1. The lowest BCUT2D eigenvalue weighted by Crippen LogP contribution is -2.37. The first-order valence-electron chi connectivity index (χ1n) is 7.57. The number of nitrogens with zero attached hydrogens (tertiary/aromatic N) is 3. The lowest BCUT2D eigenvalue weighted by atomic mass is 9.96. The Hall–Kier alpha value is -1.82. The Morgan fingerprint density at radius 2 is 2.29 bits per heavy atom. The molecule has 2 rings (SSSR count). The maximum atomic E-state index is 12.2. The van der Waals surface area contributed by atoms with E-state index in [4.69, 9.17) is 5.11 Å². The third-order valence-electron chi connectivity index (χ3n) is 3.83. The SMILES string of the molecule is C=CCN(CCO)C(=O)Nc1ccnn1C1CCCCC1. The quantitative estimate of drug-likeness (QED) is 0.791. The topological polar surface area (TPSA) is 70.4 Å². The molecule has 1 heterocycles. The molecule has 1 aliphatic carbocycles. The van der Waals surface area contributed by atoms with Gasteiger partial charge in [-0.15, -0.1) is 6.58 Å². The minimum absolute atomic E-state index is 0.0663. The van der Waals surface area contributed by atoms with Gasteiger partial charge in [-0.3, -0.25) is 5.32 Å². The number of carbonyl (C=O) groups excluding carboxylic acids is 1. The second kappa shape index (κ2) is 7.83. The molecule has 116 valence electrons. The highest BCUT2D eigenvalue weighted by atomic mass is 16.3. The molecule has 2 amide bonds. The number of hydrogen-bond donors (Lipinski definition) is 2. The Bertz CT molecular complexity index is 466. The van der Waals surface area contributed by atoms with Crippen LogP contribution in [0.1, 0.15) is 38.1 Å². The van der Waals surface area contributed by atoms with E-state index >= 15 is 0 Å². The van der Waals surface area contributed by atoms with Crippen molar-refractivity contribution in [2.75, 3.05) is 25.0 Å². The average Bonchev–Trinajstić information content (AvgIpc) is 2.96. The molecule has 6 heteroatoms. The monoisotopic (exact) mass is 292 g/mol. The van der Waals surface area contributed by atoms with Gasteiger partial charge < -0.3 is 10.0 Å². The molecule has 0 spiro atoms. The largest absolute Gasteiger partial charge is 0.395 e. The van der Waals surface area contributed by atoms with Crippen molar-refractivity contribution in [3.05, 3.63) is 24.9 Å². The van der Waals surface area contributed by atoms with Crippen molar-refractivity contribution in [2.24, 2.45) is 0 Å². The zero-order valence-corrected chi connectivity index (χ0v) is 12.4. The van der Waals surface area contributed by atoms with Crippen LogP contribution in [0.5, 0.6) is 0 Å². The number of aromatic nitrogens is 2. The number of carbonyl (C=O) groups is 1. The first-order chi connectivity index (χ1) is 10.3. The van der Waals surface area contributed by atoms with Crippen LogP contribution in [0.3, 0.4) is 0 Å². The molecule has 21 heavy (non-hydrogen) atoms. The van der Waals surface area contributed by atoms with Gasteiger partial charge in [0.2, 0.25) is 0 Å². The summed E-state index contributed by atoms with van der Waals surface area (Å²) >= 11 is 0. The summed E-state index contributed by atoms with van der Waals surface area (Å²) in [6.45, 7) is 4.26. The van der Waals surface area contributed by atoms with Gasteiger partial charge in [0.15, 0.2) is 0 Å². The van der Waals surface area contributed by atoms with Gasteiger partial charge in [-0.2, -0.15) is 5.10 Å². The zero-order chi connectivity index (χ0) is 15.1. The van der Waals surface area contributed by atoms with Crippen LogP contribution in [-0.2, 0) is 0 Å². The van der Waals surface area contributed by atoms with E-state index in [0.29, 0.717) is 12.6 Å². The molecule has 1 aliphatic rings. The van der Waals surface area contributed by atoms with Gasteiger partial charge in [-0.25, -0.2) is 9.48 Å². The van der Waals surface area contributed by atoms with E-state index in [2.05, 4.69) is 17.0 Å². The molecule has 1 aromatic heterocycles. The first-order valence-corrected chi connectivity index (χ1v) is 7.57. The smallest absolute Gasteiger partial charge is 0.323 e. The van der Waals surface area contributed by atoms with Gasteiger partial charge in [-0.1, -0.05) is 25.3 Å². The summed E-state index contributed by atoms with van der Waals surface area (Å²) in [6.07, 6.45) is 9.29. The van der Waals surface area contributed by atoms with Crippen molar-refractivity contribution in [1.82, 2.24) is 14.7 Å². The fraction of sp³-hybridized carbons (Fsp3) is 0.600. The van der Waals surface area contributed by atoms with Crippen molar-refractivity contribution in [3.8, 4) is 0 Å². The van der Waals surface area contributed by atoms with Crippen molar-refractivity contribution < 1.29 is 9.90 Å². The summed E-state index contributed by atoms with van der Waals surface area (Å²) in [4.78, 5) is 13.8. The van der Waals surface area contributed by atoms with Crippen LogP contribution in [0.2, 0.25) is 0 Å². The van der Waals surface area contributed by atoms with E-state index in [1.807, 2.05) is 10.7 Å². The minimum Gasteiger partial charge on any atom is -0.395 e. The molecule has 2 N–H and O–H groups in total. The van der Waals surface area contributed by atoms with Gasteiger partial charge >= 0.3 is 6.03 Å². The lowest BCUT2D eigenvalue weighted by Gasteiger charge is -2.25. The Morgan fingerprint density at radius 1 is 1.52 bits per heavy atom. The molecular weight excluding hydrogens is 268 g/mol. The Kier molecular flexibility index (Phi) is 5.80. The van der Waals surface area contributed by atoms with Crippen LogP contribution in [0.4, 0.5) is 10.6 Å². The van der Waals surface area contributed by atoms with E-state index < -0.39 is 0 Å². The molecule has 0 aromatic carbocycles. The third kappa shape index (κ3) is 4.07. The Morgan fingerprint density at radius 3 is 2.95 bits per heavy atom. The summed E-state index contributed by atoms with van der Waals surface area (Å²) in [5, 5.41) is 16.3. The van der Waals surface area contributed by atoms with Crippen molar-refractivity contribution in [1.29, 1.82) is 0 Å². The summed E-state index contributed by atoms with van der Waals surface area (Å²) < 4.78 is 1.92. The van der Waals surface area contributed by atoms with Crippen LogP contribution >= 0.6 is 0 Å². The second-order valence-corrected chi connectivity index (χ2v) is 5.34. The molecule has 1 aromatic rings. The second-order valence-electron chi connectivity index (χ2n) is 5.34. The maximum Gasteiger partial charge on any atom is 0.323 e. The predicted octanol–water partition coefficient (Wildman–Crippen LogP) is 2.40. The maximum absolute atomic E-state index is 12.2. The van der Waals surface area contributed by atoms with Crippen molar-refractivity contribution >= 4 is 11.8 Å². The highest BCUT2D eigenvalue weighted by Gasteiger charge is 2.20. The Labute approximate surface area is 125 Å². The van der Waals surface area contributed by atoms with Crippen LogP contribution < -0.4 is 5.32 Å².